The van der Waals surface area contributed by atoms with Crippen LogP contribution in [0.2, 0.25) is 0 Å². The summed E-state index contributed by atoms with van der Waals surface area (Å²) in [7, 11) is 1.61. The van der Waals surface area contributed by atoms with Gasteiger partial charge in [0.05, 0.1) is 18.5 Å². The molecule has 2 N–H and O–H groups in total. The normalized spacial score (nSPS) is 11.9. The number of anilines is 1. The van der Waals surface area contributed by atoms with Gasteiger partial charge in [0.15, 0.2) is 5.82 Å². The number of rotatable bonds is 5. The first kappa shape index (κ1) is 17.8. The van der Waals surface area contributed by atoms with E-state index in [0.717, 1.165) is 27.6 Å². The molecule has 140 valence electrons. The van der Waals surface area contributed by atoms with Crippen LogP contribution < -0.4 is 10.1 Å². The van der Waals surface area contributed by atoms with E-state index in [0.29, 0.717) is 11.6 Å². The minimum atomic E-state index is -0.431. The second-order valence-corrected chi connectivity index (χ2v) is 6.67. The summed E-state index contributed by atoms with van der Waals surface area (Å²) < 4.78 is 5.30. The summed E-state index contributed by atoms with van der Waals surface area (Å²) in [6.45, 7) is 2.02. The van der Waals surface area contributed by atoms with E-state index in [-0.39, 0.29) is 5.91 Å². The minimum Gasteiger partial charge on any atom is -0.497 e. The van der Waals surface area contributed by atoms with E-state index < -0.39 is 5.92 Å². The molecule has 1 unspecified atom stereocenters. The van der Waals surface area contributed by atoms with Crippen LogP contribution >= 0.6 is 0 Å². The van der Waals surface area contributed by atoms with Crippen molar-refractivity contribution in [3.8, 4) is 5.75 Å². The number of H-pyrrole nitrogens is 1. The largest absolute Gasteiger partial charge is 0.497 e. The lowest BCUT2D eigenvalue weighted by Crippen LogP contribution is -2.23. The van der Waals surface area contributed by atoms with E-state index >= 15 is 0 Å². The van der Waals surface area contributed by atoms with Gasteiger partial charge < -0.3 is 10.1 Å². The maximum Gasteiger partial charge on any atom is 0.237 e. The highest BCUT2D eigenvalue weighted by Crippen LogP contribution is 2.30. The van der Waals surface area contributed by atoms with Crippen molar-refractivity contribution in [2.75, 3.05) is 12.4 Å². The van der Waals surface area contributed by atoms with Gasteiger partial charge in [-0.3, -0.25) is 9.89 Å². The molecule has 1 atom stereocenters. The van der Waals surface area contributed by atoms with E-state index in [1.807, 2.05) is 79.7 Å². The van der Waals surface area contributed by atoms with Crippen molar-refractivity contribution in [1.82, 2.24) is 10.2 Å². The molecule has 0 aliphatic heterocycles. The number of benzene rings is 3. The van der Waals surface area contributed by atoms with E-state index in [4.69, 9.17) is 4.74 Å². The molecule has 0 fully saturated rings. The Hall–Kier alpha value is -3.60. The topological polar surface area (TPSA) is 67.0 Å². The van der Waals surface area contributed by atoms with Crippen LogP contribution in [0.15, 0.2) is 72.8 Å². The van der Waals surface area contributed by atoms with Crippen LogP contribution in [0.5, 0.6) is 5.75 Å². The fraction of sp³-hybridized carbons (Fsp3) is 0.130. The highest BCUT2D eigenvalue weighted by Gasteiger charge is 2.25. The Morgan fingerprint density at radius 2 is 1.79 bits per heavy atom. The lowest BCUT2D eigenvalue weighted by molar-refractivity contribution is -0.116. The monoisotopic (exact) mass is 371 g/mol. The fourth-order valence-electron chi connectivity index (χ4n) is 3.43. The Balaban J connectivity index is 1.74. The van der Waals surface area contributed by atoms with Crippen LogP contribution in [0.1, 0.15) is 22.6 Å². The predicted molar refractivity (Wildman–Crippen MR) is 111 cm³/mol. The molecule has 0 aliphatic carbocycles. The first-order chi connectivity index (χ1) is 13.7. The summed E-state index contributed by atoms with van der Waals surface area (Å²) in [6.07, 6.45) is 0. The van der Waals surface area contributed by atoms with Crippen molar-refractivity contribution in [2.45, 2.75) is 12.8 Å². The number of aromatic nitrogens is 2. The van der Waals surface area contributed by atoms with Gasteiger partial charge >= 0.3 is 0 Å². The zero-order chi connectivity index (χ0) is 19.5. The number of nitrogens with zero attached hydrogens (tertiary/aromatic N) is 1. The maximum absolute atomic E-state index is 13.4. The number of hydrogen-bond donors (Lipinski definition) is 2. The molecule has 0 bridgehead atoms. The van der Waals surface area contributed by atoms with Crippen LogP contribution in [0.3, 0.4) is 0 Å². The molecule has 1 heterocycles. The van der Waals surface area contributed by atoms with Crippen LogP contribution in [-0.2, 0) is 4.79 Å². The number of fused-ring (bicyclic) bond motifs is 1. The number of carbonyl (C=O) groups excluding carboxylic acids is 1. The Bertz CT molecular complexity index is 1120. The van der Waals surface area contributed by atoms with Crippen molar-refractivity contribution in [3.63, 3.8) is 0 Å². The third-order valence-corrected chi connectivity index (χ3v) is 4.91. The fourth-order valence-corrected chi connectivity index (χ4v) is 3.43. The SMILES string of the molecule is COc1ccc2[nH]nc(NC(=O)C(c3ccccc3)c3ccccc3C)c2c1. The lowest BCUT2D eigenvalue weighted by atomic mass is 9.88. The molecule has 0 saturated heterocycles. The second kappa shape index (κ2) is 7.56. The Morgan fingerprint density at radius 1 is 1.04 bits per heavy atom. The van der Waals surface area contributed by atoms with E-state index in [9.17, 15) is 4.79 Å². The predicted octanol–water partition coefficient (Wildman–Crippen LogP) is 4.65. The Kier molecular flexibility index (Phi) is 4.81. The zero-order valence-corrected chi connectivity index (χ0v) is 15.8. The van der Waals surface area contributed by atoms with Crippen LogP contribution in [0.25, 0.3) is 10.9 Å². The standard InChI is InChI=1S/C23H21N3O2/c1-15-8-6-7-11-18(15)21(16-9-4-3-5-10-16)23(27)24-22-19-14-17(28-2)12-13-20(19)25-26-22/h3-14,21H,1-2H3,(H2,24,25,26,27). The number of hydrogen-bond acceptors (Lipinski definition) is 3. The van der Waals surface area contributed by atoms with Gasteiger partial charge in [0, 0.05) is 5.39 Å². The summed E-state index contributed by atoms with van der Waals surface area (Å²) in [4.78, 5) is 13.4. The molecule has 28 heavy (non-hydrogen) atoms. The van der Waals surface area contributed by atoms with E-state index in [2.05, 4.69) is 15.5 Å². The maximum atomic E-state index is 13.4. The molecule has 0 spiro atoms. The molecule has 3 aromatic carbocycles. The van der Waals surface area contributed by atoms with Gasteiger partial charge in [0.2, 0.25) is 5.91 Å². The highest BCUT2D eigenvalue weighted by atomic mass is 16.5. The average molecular weight is 371 g/mol. The summed E-state index contributed by atoms with van der Waals surface area (Å²) in [5, 5.41) is 11.1. The first-order valence-electron chi connectivity index (χ1n) is 9.11. The molecule has 5 heteroatoms. The van der Waals surface area contributed by atoms with Gasteiger partial charge in [-0.15, -0.1) is 0 Å². The Labute approximate surface area is 163 Å². The van der Waals surface area contributed by atoms with Gasteiger partial charge in [0.1, 0.15) is 5.75 Å². The van der Waals surface area contributed by atoms with E-state index in [1.54, 1.807) is 7.11 Å². The summed E-state index contributed by atoms with van der Waals surface area (Å²) in [5.41, 5.74) is 3.82. The molecule has 0 saturated carbocycles. The second-order valence-electron chi connectivity index (χ2n) is 6.67. The molecular formula is C23H21N3O2. The molecule has 4 aromatic rings. The molecular weight excluding hydrogens is 350 g/mol. The van der Waals surface area contributed by atoms with Crippen LogP contribution in [-0.4, -0.2) is 23.2 Å². The number of methoxy groups -OCH3 is 1. The number of ether oxygens (including phenoxy) is 1. The molecule has 1 amide bonds. The third kappa shape index (κ3) is 3.34. The molecule has 0 aliphatic rings. The molecule has 0 radical (unpaired) electrons. The quantitative estimate of drug-likeness (QED) is 0.537. The van der Waals surface area contributed by atoms with Crippen molar-refractivity contribution in [2.24, 2.45) is 0 Å². The molecule has 1 aromatic heterocycles. The first-order valence-corrected chi connectivity index (χ1v) is 9.11. The van der Waals surface area contributed by atoms with Crippen molar-refractivity contribution < 1.29 is 9.53 Å². The number of aromatic amines is 1. The number of nitrogens with one attached hydrogen (secondary N) is 2. The number of amides is 1. The van der Waals surface area contributed by atoms with Crippen molar-refractivity contribution >= 4 is 22.6 Å². The third-order valence-electron chi connectivity index (χ3n) is 4.91. The minimum absolute atomic E-state index is 0.128. The summed E-state index contributed by atoms with van der Waals surface area (Å²) >= 11 is 0. The Morgan fingerprint density at radius 3 is 2.54 bits per heavy atom. The summed E-state index contributed by atoms with van der Waals surface area (Å²) in [6, 6.07) is 23.3. The number of aryl methyl sites for hydroxylation is 1. The van der Waals surface area contributed by atoms with E-state index in [1.165, 1.54) is 0 Å². The van der Waals surface area contributed by atoms with Crippen molar-refractivity contribution in [3.05, 3.63) is 89.5 Å². The number of carbonyl (C=O) groups is 1. The van der Waals surface area contributed by atoms with Crippen LogP contribution in [0.4, 0.5) is 5.82 Å². The lowest BCUT2D eigenvalue weighted by Gasteiger charge is -2.19. The van der Waals surface area contributed by atoms with Gasteiger partial charge in [-0.05, 0) is 41.8 Å². The van der Waals surface area contributed by atoms with Crippen molar-refractivity contribution in [1.29, 1.82) is 0 Å². The summed E-state index contributed by atoms with van der Waals surface area (Å²) in [5.74, 6) is 0.646. The molecule has 4 rings (SSSR count). The van der Waals surface area contributed by atoms with Crippen LogP contribution in [0, 0.1) is 6.92 Å². The average Bonchev–Trinajstić information content (AvgIpc) is 3.12. The van der Waals surface area contributed by atoms with Gasteiger partial charge in [-0.25, -0.2) is 0 Å². The zero-order valence-electron chi connectivity index (χ0n) is 15.8. The highest BCUT2D eigenvalue weighted by molar-refractivity contribution is 6.03. The molecule has 5 nitrogen and oxygen atoms in total. The smallest absolute Gasteiger partial charge is 0.237 e. The van der Waals surface area contributed by atoms with Gasteiger partial charge in [-0.2, -0.15) is 5.10 Å². The van der Waals surface area contributed by atoms with Gasteiger partial charge in [-0.1, -0.05) is 54.6 Å². The van der Waals surface area contributed by atoms with Gasteiger partial charge in [0.25, 0.3) is 0 Å².